The number of carbonyl (C=O) groups excluding carboxylic acids is 3. The van der Waals surface area contributed by atoms with Gasteiger partial charge in [0.05, 0.1) is 26.2 Å². The lowest BCUT2D eigenvalue weighted by molar-refractivity contribution is -0.174. The molecule has 0 rings (SSSR count). The van der Waals surface area contributed by atoms with Crippen LogP contribution in [0.4, 0.5) is 26.3 Å². The van der Waals surface area contributed by atoms with Crippen LogP contribution in [-0.2, 0) is 28.6 Å². The summed E-state index contributed by atoms with van der Waals surface area (Å²) < 4.78 is 79.1. The standard InChI is InChI=1S/C5H6F2O2.C4H2F4O3.C4H8O/c1-9-3-2-4(8)5(6)7;5-1(6)3(9)11-4(10)2(7)8;1-3-5-4-2/h2-3,5H,1H3;1-2H;3H,1,4H2,2H3/b3-2+;;. The van der Waals surface area contributed by atoms with Gasteiger partial charge in [-0.3, -0.25) is 4.79 Å². The Bertz CT molecular complexity index is 407. The molecule has 0 aromatic heterocycles. The molecule has 6 nitrogen and oxygen atoms in total. The summed E-state index contributed by atoms with van der Waals surface area (Å²) in [5.41, 5.74) is 0. The molecular weight excluding hydrogens is 366 g/mol. The summed E-state index contributed by atoms with van der Waals surface area (Å²) in [6.45, 7) is 5.97. The van der Waals surface area contributed by atoms with Crippen molar-refractivity contribution in [1.29, 1.82) is 0 Å². The molecule has 0 spiro atoms. The highest BCUT2D eigenvalue weighted by atomic mass is 19.3. The van der Waals surface area contributed by atoms with Crippen LogP contribution >= 0.6 is 0 Å². The average Bonchev–Trinajstić information content (AvgIpc) is 2.54. The SMILES string of the molecule is C=COCC.CO/C=C/C(=O)C(F)F.O=C(OC(=O)C(F)F)C(F)F. The number of halogens is 6. The van der Waals surface area contributed by atoms with Gasteiger partial charge in [-0.05, 0) is 6.92 Å². The second kappa shape index (κ2) is 17.8. The summed E-state index contributed by atoms with van der Waals surface area (Å²) in [4.78, 5) is 29.4. The first-order valence-corrected chi connectivity index (χ1v) is 6.10. The number of hydrogen-bond donors (Lipinski definition) is 0. The zero-order valence-corrected chi connectivity index (χ0v) is 13.1. The first kappa shape index (κ1) is 27.3. The van der Waals surface area contributed by atoms with Gasteiger partial charge in [0.25, 0.3) is 6.43 Å². The van der Waals surface area contributed by atoms with Crippen LogP contribution in [0.1, 0.15) is 6.92 Å². The number of carbonyl (C=O) groups is 3. The van der Waals surface area contributed by atoms with Gasteiger partial charge in [0.2, 0.25) is 5.78 Å². The summed E-state index contributed by atoms with van der Waals surface area (Å²) in [6.07, 6.45) is -7.05. The van der Waals surface area contributed by atoms with Crippen LogP contribution in [0.3, 0.4) is 0 Å². The van der Waals surface area contributed by atoms with Gasteiger partial charge in [0.1, 0.15) is 0 Å². The van der Waals surface area contributed by atoms with E-state index in [1.165, 1.54) is 13.4 Å². The molecule has 0 aliphatic heterocycles. The fraction of sp³-hybridized carbons (Fsp3) is 0.462. The van der Waals surface area contributed by atoms with Crippen LogP contribution in [0.15, 0.2) is 25.2 Å². The third-order valence-electron chi connectivity index (χ3n) is 1.43. The molecule has 0 atom stereocenters. The lowest BCUT2D eigenvalue weighted by atomic mass is 10.4. The van der Waals surface area contributed by atoms with Crippen LogP contribution < -0.4 is 0 Å². The molecule has 0 fully saturated rings. The Morgan fingerprint density at radius 2 is 1.40 bits per heavy atom. The molecule has 12 heteroatoms. The first-order valence-electron chi connectivity index (χ1n) is 6.10. The lowest BCUT2D eigenvalue weighted by Crippen LogP contribution is -2.23. The van der Waals surface area contributed by atoms with E-state index in [9.17, 15) is 40.7 Å². The topological polar surface area (TPSA) is 78.9 Å². The van der Waals surface area contributed by atoms with Gasteiger partial charge in [0, 0.05) is 6.08 Å². The molecular formula is C13H16F6O6. The van der Waals surface area contributed by atoms with E-state index >= 15 is 0 Å². The van der Waals surface area contributed by atoms with E-state index in [2.05, 4.69) is 20.8 Å². The molecule has 0 aliphatic carbocycles. The van der Waals surface area contributed by atoms with Gasteiger partial charge in [-0.2, -0.15) is 17.6 Å². The lowest BCUT2D eigenvalue weighted by Gasteiger charge is -1.99. The van der Waals surface area contributed by atoms with Crippen LogP contribution in [0.2, 0.25) is 0 Å². The Balaban J connectivity index is -0.000000311. The maximum absolute atomic E-state index is 11.3. The molecule has 146 valence electrons. The number of methoxy groups -OCH3 is 1. The summed E-state index contributed by atoms with van der Waals surface area (Å²) in [5.74, 6) is -5.78. The molecule has 0 N–H and O–H groups in total. The number of hydrogen-bond acceptors (Lipinski definition) is 6. The number of rotatable bonds is 7. The molecule has 0 aromatic carbocycles. The Hall–Kier alpha value is -2.53. The first-order chi connectivity index (χ1) is 11.5. The Morgan fingerprint density at radius 1 is 0.960 bits per heavy atom. The monoisotopic (exact) mass is 382 g/mol. The number of esters is 2. The Morgan fingerprint density at radius 3 is 1.60 bits per heavy atom. The molecule has 0 aliphatic rings. The van der Waals surface area contributed by atoms with Crippen molar-refractivity contribution in [3.63, 3.8) is 0 Å². The molecule has 0 unspecified atom stereocenters. The number of ether oxygens (including phenoxy) is 3. The summed E-state index contributed by atoms with van der Waals surface area (Å²) in [5, 5.41) is 0. The minimum absolute atomic E-state index is 0.685. The highest BCUT2D eigenvalue weighted by Gasteiger charge is 2.26. The minimum atomic E-state index is -3.57. The van der Waals surface area contributed by atoms with Crippen LogP contribution in [0.25, 0.3) is 0 Å². The summed E-state index contributed by atoms with van der Waals surface area (Å²) >= 11 is 0. The normalized spacial score (nSPS) is 9.72. The van der Waals surface area contributed by atoms with Crippen LogP contribution in [0, 0.1) is 0 Å². The highest BCUT2D eigenvalue weighted by Crippen LogP contribution is 2.00. The van der Waals surface area contributed by atoms with Crippen molar-refractivity contribution in [3.8, 4) is 0 Å². The molecule has 0 amide bonds. The third-order valence-corrected chi connectivity index (χ3v) is 1.43. The van der Waals surface area contributed by atoms with E-state index in [0.717, 1.165) is 12.9 Å². The molecule has 25 heavy (non-hydrogen) atoms. The number of allylic oxidation sites excluding steroid dienone is 1. The van der Waals surface area contributed by atoms with Crippen molar-refractivity contribution in [3.05, 3.63) is 25.2 Å². The van der Waals surface area contributed by atoms with Gasteiger partial charge < -0.3 is 14.2 Å². The van der Waals surface area contributed by atoms with E-state index in [4.69, 9.17) is 0 Å². The molecule has 0 saturated heterocycles. The van der Waals surface area contributed by atoms with Gasteiger partial charge in [-0.25, -0.2) is 18.4 Å². The van der Waals surface area contributed by atoms with E-state index in [-0.39, 0.29) is 0 Å². The highest BCUT2D eigenvalue weighted by molar-refractivity contribution is 5.92. The van der Waals surface area contributed by atoms with Crippen molar-refractivity contribution in [1.82, 2.24) is 0 Å². The van der Waals surface area contributed by atoms with E-state index in [0.29, 0.717) is 6.08 Å². The fourth-order valence-electron chi connectivity index (χ4n) is 0.514. The quantitative estimate of drug-likeness (QED) is 0.222. The van der Waals surface area contributed by atoms with Crippen LogP contribution in [0.5, 0.6) is 0 Å². The van der Waals surface area contributed by atoms with Gasteiger partial charge in [-0.1, -0.05) is 6.58 Å². The molecule has 0 bridgehead atoms. The van der Waals surface area contributed by atoms with E-state index < -0.39 is 37.0 Å². The Kier molecular flexibility index (Phi) is 19.5. The predicted molar refractivity (Wildman–Crippen MR) is 72.1 cm³/mol. The Labute approximate surface area is 139 Å². The zero-order chi connectivity index (χ0) is 20.4. The van der Waals surface area contributed by atoms with Gasteiger partial charge in [-0.15, -0.1) is 0 Å². The molecule has 0 radical (unpaired) electrons. The third kappa shape index (κ3) is 21.5. The minimum Gasteiger partial charge on any atom is -0.504 e. The second-order valence-electron chi connectivity index (χ2n) is 3.21. The predicted octanol–water partition coefficient (Wildman–Crippen LogP) is 2.73. The zero-order valence-electron chi connectivity index (χ0n) is 13.1. The smallest absolute Gasteiger partial charge is 0.381 e. The van der Waals surface area contributed by atoms with Gasteiger partial charge in [0.15, 0.2) is 0 Å². The summed E-state index contributed by atoms with van der Waals surface area (Å²) in [7, 11) is 1.27. The summed E-state index contributed by atoms with van der Waals surface area (Å²) in [6, 6.07) is 0. The molecule has 0 saturated carbocycles. The maximum atomic E-state index is 11.3. The fourth-order valence-corrected chi connectivity index (χ4v) is 0.514. The van der Waals surface area contributed by atoms with Crippen molar-refractivity contribution in [2.45, 2.75) is 26.2 Å². The van der Waals surface area contributed by atoms with E-state index in [1.54, 1.807) is 0 Å². The van der Waals surface area contributed by atoms with Crippen molar-refractivity contribution < 1.29 is 54.9 Å². The maximum Gasteiger partial charge on any atom is 0.381 e. The van der Waals surface area contributed by atoms with Gasteiger partial charge >= 0.3 is 24.8 Å². The largest absolute Gasteiger partial charge is 0.504 e. The van der Waals surface area contributed by atoms with E-state index in [1.807, 2.05) is 6.92 Å². The van der Waals surface area contributed by atoms with Crippen molar-refractivity contribution >= 4 is 17.7 Å². The van der Waals surface area contributed by atoms with Crippen LogP contribution in [-0.4, -0.2) is 50.7 Å². The molecule has 0 aromatic rings. The van der Waals surface area contributed by atoms with Crippen molar-refractivity contribution in [2.75, 3.05) is 13.7 Å². The number of alkyl halides is 6. The molecule has 0 heterocycles. The van der Waals surface area contributed by atoms with Crippen molar-refractivity contribution in [2.24, 2.45) is 0 Å². The number of ketones is 1. The second-order valence-corrected chi connectivity index (χ2v) is 3.21. The average molecular weight is 382 g/mol.